The predicted octanol–water partition coefficient (Wildman–Crippen LogP) is 2.69. The third-order valence-electron chi connectivity index (χ3n) is 2.23. The highest BCUT2D eigenvalue weighted by atomic mass is 16.4. The summed E-state index contributed by atoms with van der Waals surface area (Å²) in [5, 5.41) is 20.2. The molecule has 0 aliphatic heterocycles. The Morgan fingerprint density at radius 1 is 1.27 bits per heavy atom. The summed E-state index contributed by atoms with van der Waals surface area (Å²) in [4.78, 5) is 0. The number of hydrogen-bond donors (Lipinski definition) is 1. The lowest BCUT2D eigenvalue weighted by Gasteiger charge is -2.18. The maximum absolute atomic E-state index is 8.67. The molecule has 0 radical (unpaired) electrons. The summed E-state index contributed by atoms with van der Waals surface area (Å²) in [5.74, 6) is 0. The van der Waals surface area contributed by atoms with E-state index in [1.54, 1.807) is 12.1 Å². The summed E-state index contributed by atoms with van der Waals surface area (Å²) in [7, 11) is 0. The molecule has 0 heterocycles. The predicted molar refractivity (Wildman–Crippen MR) is 59.1 cm³/mol. The Kier molecular flexibility index (Phi) is 3.11. The van der Waals surface area contributed by atoms with Crippen molar-refractivity contribution < 1.29 is 5.21 Å². The third kappa shape index (κ3) is 2.57. The first-order valence-corrected chi connectivity index (χ1v) is 4.72. The third-order valence-corrected chi connectivity index (χ3v) is 2.23. The van der Waals surface area contributed by atoms with Gasteiger partial charge >= 0.3 is 0 Å². The molecule has 78 valence electrons. The first-order valence-electron chi connectivity index (χ1n) is 4.72. The number of hydrogen-bond acceptors (Lipinski definition) is 3. The smallest absolute Gasteiger partial charge is 0.186 e. The van der Waals surface area contributed by atoms with Crippen molar-refractivity contribution in [3.63, 3.8) is 0 Å². The normalized spacial score (nSPS) is 12.3. The van der Waals surface area contributed by atoms with Gasteiger partial charge in [0.05, 0.1) is 0 Å². The number of nitriles is 1. The van der Waals surface area contributed by atoms with Crippen LogP contribution in [0.3, 0.4) is 0 Å². The molecule has 0 atom stereocenters. The molecule has 0 spiro atoms. The maximum atomic E-state index is 8.67. The summed E-state index contributed by atoms with van der Waals surface area (Å²) in [5.41, 5.74) is 1.94. The van der Waals surface area contributed by atoms with Gasteiger partial charge < -0.3 is 5.21 Å². The van der Waals surface area contributed by atoms with Gasteiger partial charge in [-0.05, 0) is 11.0 Å². The molecule has 0 saturated heterocycles. The van der Waals surface area contributed by atoms with Gasteiger partial charge in [0.1, 0.15) is 6.07 Å². The standard InChI is InChI=1S/C12H14N2O/c1-12(2,3)10-6-4-9(5-7-10)11(8-13)14-15/h4-7,15H,1-3H3/b14-11-. The zero-order valence-electron chi connectivity index (χ0n) is 9.15. The molecule has 0 aromatic heterocycles. The van der Waals surface area contributed by atoms with Crippen LogP contribution in [-0.4, -0.2) is 10.9 Å². The van der Waals surface area contributed by atoms with E-state index in [2.05, 4.69) is 25.9 Å². The van der Waals surface area contributed by atoms with E-state index in [4.69, 9.17) is 10.5 Å². The van der Waals surface area contributed by atoms with Crippen molar-refractivity contribution in [2.45, 2.75) is 26.2 Å². The molecule has 0 bridgehead atoms. The molecular weight excluding hydrogens is 188 g/mol. The quantitative estimate of drug-likeness (QED) is 0.432. The topological polar surface area (TPSA) is 56.4 Å². The summed E-state index contributed by atoms with van der Waals surface area (Å²) in [6, 6.07) is 9.29. The minimum absolute atomic E-state index is 0.0375. The molecule has 0 aliphatic carbocycles. The first-order chi connectivity index (χ1) is 6.99. The highest BCUT2D eigenvalue weighted by molar-refractivity contribution is 6.11. The SMILES string of the molecule is CC(C)(C)c1ccc(/C(C#N)=N\O)cc1. The van der Waals surface area contributed by atoms with E-state index in [1.165, 1.54) is 5.56 Å². The molecule has 1 aromatic rings. The molecule has 0 saturated carbocycles. The Morgan fingerprint density at radius 2 is 1.80 bits per heavy atom. The van der Waals surface area contributed by atoms with E-state index in [0.29, 0.717) is 5.56 Å². The molecule has 3 nitrogen and oxygen atoms in total. The molecule has 0 aliphatic rings. The Bertz CT molecular complexity index is 405. The number of nitrogens with zero attached hydrogens (tertiary/aromatic N) is 2. The molecule has 3 heteroatoms. The zero-order chi connectivity index (χ0) is 11.5. The van der Waals surface area contributed by atoms with E-state index >= 15 is 0 Å². The van der Waals surface area contributed by atoms with Crippen LogP contribution in [-0.2, 0) is 5.41 Å². The van der Waals surface area contributed by atoms with Crippen molar-refractivity contribution in [3.05, 3.63) is 35.4 Å². The van der Waals surface area contributed by atoms with Gasteiger partial charge in [-0.1, -0.05) is 50.2 Å². The average molecular weight is 202 g/mol. The van der Waals surface area contributed by atoms with E-state index in [0.717, 1.165) is 0 Å². The van der Waals surface area contributed by atoms with Crippen molar-refractivity contribution in [2.75, 3.05) is 0 Å². The molecule has 1 rings (SSSR count). The molecule has 1 N–H and O–H groups in total. The van der Waals surface area contributed by atoms with Gasteiger partial charge in [0.15, 0.2) is 5.71 Å². The number of oxime groups is 1. The van der Waals surface area contributed by atoms with Crippen molar-refractivity contribution in [1.29, 1.82) is 5.26 Å². The molecule has 1 aromatic carbocycles. The Balaban J connectivity index is 3.07. The highest BCUT2D eigenvalue weighted by Gasteiger charge is 2.13. The van der Waals surface area contributed by atoms with Gasteiger partial charge in [-0.3, -0.25) is 0 Å². The minimum atomic E-state index is 0.0375. The second kappa shape index (κ2) is 4.14. The van der Waals surface area contributed by atoms with Crippen molar-refractivity contribution in [2.24, 2.45) is 5.16 Å². The Labute approximate surface area is 89.7 Å². The van der Waals surface area contributed by atoms with Crippen LogP contribution < -0.4 is 0 Å². The molecular formula is C12H14N2O. The lowest BCUT2D eigenvalue weighted by molar-refractivity contribution is 0.320. The van der Waals surface area contributed by atoms with E-state index < -0.39 is 0 Å². The van der Waals surface area contributed by atoms with Crippen molar-refractivity contribution in [1.82, 2.24) is 0 Å². The van der Waals surface area contributed by atoms with Crippen LogP contribution >= 0.6 is 0 Å². The lowest BCUT2D eigenvalue weighted by atomic mass is 9.86. The number of rotatable bonds is 1. The molecule has 0 amide bonds. The van der Waals surface area contributed by atoms with Crippen LogP contribution in [0, 0.1) is 11.3 Å². The summed E-state index contributed by atoms with van der Waals surface area (Å²) >= 11 is 0. The van der Waals surface area contributed by atoms with Crippen LogP contribution in [0.15, 0.2) is 29.4 Å². The fraction of sp³-hybridized carbons (Fsp3) is 0.333. The van der Waals surface area contributed by atoms with Crippen molar-refractivity contribution >= 4 is 5.71 Å². The van der Waals surface area contributed by atoms with Gasteiger partial charge in [-0.2, -0.15) is 5.26 Å². The van der Waals surface area contributed by atoms with Crippen molar-refractivity contribution in [3.8, 4) is 6.07 Å². The average Bonchev–Trinajstić information content (AvgIpc) is 2.19. The lowest BCUT2D eigenvalue weighted by Crippen LogP contribution is -2.11. The minimum Gasteiger partial charge on any atom is -0.410 e. The van der Waals surface area contributed by atoms with Crippen LogP contribution in [0.2, 0.25) is 0 Å². The molecule has 0 unspecified atom stereocenters. The number of benzene rings is 1. The fourth-order valence-corrected chi connectivity index (χ4v) is 1.27. The summed E-state index contributed by atoms with van der Waals surface area (Å²) in [6.07, 6.45) is 0. The maximum Gasteiger partial charge on any atom is 0.186 e. The first kappa shape index (κ1) is 11.3. The van der Waals surface area contributed by atoms with Gasteiger partial charge in [0.2, 0.25) is 0 Å². The second-order valence-corrected chi connectivity index (χ2v) is 4.39. The fourth-order valence-electron chi connectivity index (χ4n) is 1.27. The van der Waals surface area contributed by atoms with Crippen LogP contribution in [0.5, 0.6) is 0 Å². The van der Waals surface area contributed by atoms with Gasteiger partial charge in [0.25, 0.3) is 0 Å². The van der Waals surface area contributed by atoms with Crippen LogP contribution in [0.1, 0.15) is 31.9 Å². The zero-order valence-corrected chi connectivity index (χ0v) is 9.15. The molecule has 0 fully saturated rings. The molecule has 15 heavy (non-hydrogen) atoms. The Morgan fingerprint density at radius 3 is 2.13 bits per heavy atom. The van der Waals surface area contributed by atoms with Gasteiger partial charge in [-0.15, -0.1) is 0 Å². The second-order valence-electron chi connectivity index (χ2n) is 4.39. The highest BCUT2D eigenvalue weighted by Crippen LogP contribution is 2.22. The monoisotopic (exact) mass is 202 g/mol. The van der Waals surface area contributed by atoms with Gasteiger partial charge in [0, 0.05) is 5.56 Å². The van der Waals surface area contributed by atoms with Crippen LogP contribution in [0.4, 0.5) is 0 Å². The van der Waals surface area contributed by atoms with Gasteiger partial charge in [-0.25, -0.2) is 0 Å². The van der Waals surface area contributed by atoms with E-state index in [9.17, 15) is 0 Å². The summed E-state index contributed by atoms with van der Waals surface area (Å²) in [6.45, 7) is 6.36. The van der Waals surface area contributed by atoms with E-state index in [1.807, 2.05) is 18.2 Å². The largest absolute Gasteiger partial charge is 0.410 e. The van der Waals surface area contributed by atoms with Crippen LogP contribution in [0.25, 0.3) is 0 Å². The Hall–Kier alpha value is -1.82. The van der Waals surface area contributed by atoms with E-state index in [-0.39, 0.29) is 11.1 Å². The summed E-state index contributed by atoms with van der Waals surface area (Å²) < 4.78 is 0.